The van der Waals surface area contributed by atoms with Crippen LogP contribution in [0, 0.1) is 0 Å². The summed E-state index contributed by atoms with van der Waals surface area (Å²) in [6.45, 7) is 5.99. The molecular formula is C13H18ClNO. The molecule has 1 unspecified atom stereocenters. The van der Waals surface area contributed by atoms with Crippen LogP contribution in [0.4, 0.5) is 0 Å². The van der Waals surface area contributed by atoms with Gasteiger partial charge in [0, 0.05) is 29.3 Å². The highest BCUT2D eigenvalue weighted by molar-refractivity contribution is 6.31. The molecule has 3 heteroatoms. The van der Waals surface area contributed by atoms with E-state index in [9.17, 15) is 0 Å². The molecule has 1 aliphatic heterocycles. The van der Waals surface area contributed by atoms with Gasteiger partial charge >= 0.3 is 0 Å². The van der Waals surface area contributed by atoms with Crippen LogP contribution in [0.1, 0.15) is 31.9 Å². The van der Waals surface area contributed by atoms with Crippen molar-refractivity contribution in [2.45, 2.75) is 31.9 Å². The van der Waals surface area contributed by atoms with Crippen molar-refractivity contribution in [2.75, 3.05) is 13.2 Å². The van der Waals surface area contributed by atoms with Crippen molar-refractivity contribution in [3.8, 4) is 0 Å². The van der Waals surface area contributed by atoms with Crippen molar-refractivity contribution < 1.29 is 4.74 Å². The van der Waals surface area contributed by atoms with E-state index in [0.717, 1.165) is 30.2 Å². The average molecular weight is 240 g/mol. The molecule has 1 aromatic rings. The van der Waals surface area contributed by atoms with E-state index < -0.39 is 0 Å². The van der Waals surface area contributed by atoms with Crippen LogP contribution in [0.3, 0.4) is 0 Å². The summed E-state index contributed by atoms with van der Waals surface area (Å²) in [7, 11) is 0. The topological polar surface area (TPSA) is 21.3 Å². The fourth-order valence-corrected chi connectivity index (χ4v) is 2.17. The summed E-state index contributed by atoms with van der Waals surface area (Å²) in [6.07, 6.45) is 1.09. The molecule has 1 atom stereocenters. The van der Waals surface area contributed by atoms with Crippen molar-refractivity contribution in [1.29, 1.82) is 0 Å². The van der Waals surface area contributed by atoms with Gasteiger partial charge in [0.25, 0.3) is 0 Å². The first-order valence-electron chi connectivity index (χ1n) is 5.69. The number of hydrogen-bond donors (Lipinski definition) is 1. The molecule has 1 saturated heterocycles. The van der Waals surface area contributed by atoms with Gasteiger partial charge in [-0.2, -0.15) is 0 Å². The zero-order chi connectivity index (χ0) is 11.6. The van der Waals surface area contributed by atoms with Crippen molar-refractivity contribution in [1.82, 2.24) is 5.32 Å². The molecule has 88 valence electrons. The van der Waals surface area contributed by atoms with Gasteiger partial charge in [0.1, 0.15) is 0 Å². The second-order valence-corrected chi connectivity index (χ2v) is 5.30. The number of halogens is 1. The van der Waals surface area contributed by atoms with Gasteiger partial charge in [0.2, 0.25) is 0 Å². The molecule has 0 spiro atoms. The van der Waals surface area contributed by atoms with E-state index in [4.69, 9.17) is 16.3 Å². The zero-order valence-electron chi connectivity index (χ0n) is 9.79. The summed E-state index contributed by atoms with van der Waals surface area (Å²) in [5, 5.41) is 4.30. The summed E-state index contributed by atoms with van der Waals surface area (Å²) in [5.74, 6) is 0. The lowest BCUT2D eigenvalue weighted by atomic mass is 10.0. The van der Waals surface area contributed by atoms with E-state index in [1.165, 1.54) is 0 Å². The van der Waals surface area contributed by atoms with E-state index in [2.05, 4.69) is 19.2 Å². The highest BCUT2D eigenvalue weighted by Gasteiger charge is 2.25. The predicted octanol–water partition coefficient (Wildman–Crippen LogP) is 3.17. The van der Waals surface area contributed by atoms with E-state index >= 15 is 0 Å². The molecule has 2 rings (SSSR count). The minimum atomic E-state index is 0.0653. The van der Waals surface area contributed by atoms with Crippen LogP contribution in [0.2, 0.25) is 5.02 Å². The van der Waals surface area contributed by atoms with Crippen LogP contribution >= 0.6 is 11.6 Å². The lowest BCUT2D eigenvalue weighted by molar-refractivity contribution is 0.0657. The monoisotopic (exact) mass is 239 g/mol. The molecule has 0 aromatic heterocycles. The Labute approximate surface area is 102 Å². The highest BCUT2D eigenvalue weighted by atomic mass is 35.5. The minimum absolute atomic E-state index is 0.0653. The first-order chi connectivity index (χ1) is 7.58. The van der Waals surface area contributed by atoms with Crippen LogP contribution in [-0.4, -0.2) is 18.7 Å². The van der Waals surface area contributed by atoms with Crippen LogP contribution in [0.15, 0.2) is 24.3 Å². The maximum atomic E-state index is 6.17. The fraction of sp³-hybridized carbons (Fsp3) is 0.538. The number of rotatable bonds is 1. The van der Waals surface area contributed by atoms with Gasteiger partial charge in [-0.1, -0.05) is 29.8 Å². The molecule has 1 heterocycles. The predicted molar refractivity (Wildman–Crippen MR) is 66.8 cm³/mol. The van der Waals surface area contributed by atoms with Crippen molar-refractivity contribution in [3.05, 3.63) is 34.9 Å². The van der Waals surface area contributed by atoms with Crippen LogP contribution < -0.4 is 5.32 Å². The first kappa shape index (κ1) is 11.9. The molecule has 1 aliphatic rings. The third kappa shape index (κ3) is 2.76. The molecule has 16 heavy (non-hydrogen) atoms. The zero-order valence-corrected chi connectivity index (χ0v) is 10.6. The van der Waals surface area contributed by atoms with Crippen molar-refractivity contribution in [2.24, 2.45) is 0 Å². The van der Waals surface area contributed by atoms with Crippen LogP contribution in [0.25, 0.3) is 0 Å². The van der Waals surface area contributed by atoms with E-state index in [1.54, 1.807) is 0 Å². The maximum absolute atomic E-state index is 6.17. The molecule has 1 N–H and O–H groups in total. The Balaban J connectivity index is 2.14. The molecule has 2 nitrogen and oxygen atoms in total. The summed E-state index contributed by atoms with van der Waals surface area (Å²) < 4.78 is 5.86. The second-order valence-electron chi connectivity index (χ2n) is 4.90. The minimum Gasteiger partial charge on any atom is -0.372 e. The Morgan fingerprint density at radius 2 is 2.12 bits per heavy atom. The summed E-state index contributed by atoms with van der Waals surface area (Å²) in [4.78, 5) is 0. The molecule has 0 saturated carbocycles. The Bertz CT molecular complexity index is 365. The van der Waals surface area contributed by atoms with E-state index in [-0.39, 0.29) is 11.6 Å². The summed E-state index contributed by atoms with van der Waals surface area (Å²) in [5.41, 5.74) is 1.23. The number of ether oxygens (including phenoxy) is 1. The van der Waals surface area contributed by atoms with Crippen LogP contribution in [0.5, 0.6) is 0 Å². The Morgan fingerprint density at radius 1 is 1.38 bits per heavy atom. The van der Waals surface area contributed by atoms with Crippen molar-refractivity contribution >= 4 is 11.6 Å². The molecule has 0 radical (unpaired) electrons. The van der Waals surface area contributed by atoms with Gasteiger partial charge in [-0.15, -0.1) is 0 Å². The largest absolute Gasteiger partial charge is 0.372 e. The van der Waals surface area contributed by atoms with Crippen molar-refractivity contribution in [3.63, 3.8) is 0 Å². The average Bonchev–Trinajstić information content (AvgIpc) is 2.40. The molecule has 1 fully saturated rings. The normalized spacial score (nSPS) is 25.1. The third-order valence-corrected chi connectivity index (χ3v) is 3.41. The SMILES string of the molecule is CC1(C)CCOC(c2ccccc2Cl)CN1. The van der Waals surface area contributed by atoms with Gasteiger partial charge < -0.3 is 10.1 Å². The Morgan fingerprint density at radius 3 is 2.88 bits per heavy atom. The van der Waals surface area contributed by atoms with Gasteiger partial charge in [-0.05, 0) is 26.3 Å². The standard InChI is InChI=1S/C13H18ClNO/c1-13(2)7-8-16-12(9-15-13)10-5-3-4-6-11(10)14/h3-6,12,15H,7-9H2,1-2H3. The number of benzene rings is 1. The third-order valence-electron chi connectivity index (χ3n) is 3.06. The maximum Gasteiger partial charge on any atom is 0.0963 e. The quantitative estimate of drug-likeness (QED) is 0.813. The molecule has 1 aromatic carbocycles. The number of hydrogen-bond acceptors (Lipinski definition) is 2. The smallest absolute Gasteiger partial charge is 0.0963 e. The molecule has 0 bridgehead atoms. The van der Waals surface area contributed by atoms with Gasteiger partial charge in [0.15, 0.2) is 0 Å². The highest BCUT2D eigenvalue weighted by Crippen LogP contribution is 2.28. The van der Waals surface area contributed by atoms with Crippen LogP contribution in [-0.2, 0) is 4.74 Å². The van der Waals surface area contributed by atoms with E-state index in [1.807, 2.05) is 24.3 Å². The Kier molecular flexibility index (Phi) is 3.53. The number of nitrogens with one attached hydrogen (secondary N) is 1. The molecule has 0 amide bonds. The van der Waals surface area contributed by atoms with Gasteiger partial charge in [-0.3, -0.25) is 0 Å². The fourth-order valence-electron chi connectivity index (χ4n) is 1.91. The lowest BCUT2D eigenvalue weighted by Gasteiger charge is -2.23. The van der Waals surface area contributed by atoms with Gasteiger partial charge in [0.05, 0.1) is 6.10 Å². The van der Waals surface area contributed by atoms with E-state index in [0.29, 0.717) is 0 Å². The summed E-state index contributed by atoms with van der Waals surface area (Å²) >= 11 is 6.17. The summed E-state index contributed by atoms with van der Waals surface area (Å²) in [6, 6.07) is 7.89. The molecular weight excluding hydrogens is 222 g/mol. The van der Waals surface area contributed by atoms with Gasteiger partial charge in [-0.25, -0.2) is 0 Å². The first-order valence-corrected chi connectivity index (χ1v) is 6.07. The lowest BCUT2D eigenvalue weighted by Crippen LogP contribution is -2.39. The molecule has 0 aliphatic carbocycles. The second kappa shape index (κ2) is 4.74. The Hall–Kier alpha value is -0.570.